The van der Waals surface area contributed by atoms with Gasteiger partial charge in [0.2, 0.25) is 5.91 Å². The van der Waals surface area contributed by atoms with Gasteiger partial charge in [0.15, 0.2) is 0 Å². The summed E-state index contributed by atoms with van der Waals surface area (Å²) in [6.45, 7) is 0.573. The van der Waals surface area contributed by atoms with Crippen LogP contribution < -0.4 is 4.90 Å². The Morgan fingerprint density at radius 2 is 1.62 bits per heavy atom. The van der Waals surface area contributed by atoms with Crippen molar-refractivity contribution < 1.29 is 18.7 Å². The molecule has 2 fully saturated rings. The molecule has 0 spiro atoms. The summed E-state index contributed by atoms with van der Waals surface area (Å²) < 4.78 is 11.0. The molecule has 0 aliphatic carbocycles. The van der Waals surface area contributed by atoms with E-state index in [9.17, 15) is 9.59 Å². The third-order valence-corrected chi connectivity index (χ3v) is 5.64. The van der Waals surface area contributed by atoms with Gasteiger partial charge in [-0.05, 0) is 29.8 Å². The van der Waals surface area contributed by atoms with Crippen molar-refractivity contribution >= 4 is 17.7 Å². The zero-order valence-electron chi connectivity index (χ0n) is 15.7. The molecule has 29 heavy (non-hydrogen) atoms. The van der Waals surface area contributed by atoms with E-state index >= 15 is 0 Å². The fraction of sp³-hybridized carbons (Fsp3) is 0.217. The number of amides is 2. The molecule has 3 atom stereocenters. The molecule has 5 rings (SSSR count). The monoisotopic (exact) mass is 388 g/mol. The number of cyclic esters (lactones) is 1. The topological polar surface area (TPSA) is 63.0 Å². The van der Waals surface area contributed by atoms with Crippen LogP contribution in [0, 0.1) is 5.92 Å². The lowest BCUT2D eigenvalue weighted by molar-refractivity contribution is -0.131. The van der Waals surface area contributed by atoms with Gasteiger partial charge >= 0.3 is 6.09 Å². The SMILES string of the molecule is O=C1OC[C@H](c2ccccc2)N1C[C@H]1C(=O)N(c2ccccc2)[C@@H]1c1ccco1. The Kier molecular flexibility index (Phi) is 4.31. The first-order valence-electron chi connectivity index (χ1n) is 9.64. The fourth-order valence-electron chi connectivity index (χ4n) is 4.20. The largest absolute Gasteiger partial charge is 0.467 e. The van der Waals surface area contributed by atoms with Gasteiger partial charge in [0.1, 0.15) is 18.4 Å². The van der Waals surface area contributed by atoms with E-state index < -0.39 is 5.92 Å². The van der Waals surface area contributed by atoms with Crippen molar-refractivity contribution in [1.82, 2.24) is 4.90 Å². The van der Waals surface area contributed by atoms with Gasteiger partial charge in [-0.25, -0.2) is 4.79 Å². The third kappa shape index (κ3) is 2.97. The molecule has 0 bridgehead atoms. The van der Waals surface area contributed by atoms with E-state index in [1.165, 1.54) is 0 Å². The maximum absolute atomic E-state index is 13.1. The summed E-state index contributed by atoms with van der Waals surface area (Å²) in [7, 11) is 0. The normalized spacial score (nSPS) is 23.8. The molecule has 6 heteroatoms. The zero-order chi connectivity index (χ0) is 19.8. The Morgan fingerprint density at radius 1 is 0.897 bits per heavy atom. The van der Waals surface area contributed by atoms with Gasteiger partial charge in [-0.15, -0.1) is 0 Å². The average Bonchev–Trinajstić information content (AvgIpc) is 3.41. The summed E-state index contributed by atoms with van der Waals surface area (Å²) in [5.74, 6) is 0.296. The fourth-order valence-corrected chi connectivity index (χ4v) is 4.20. The molecule has 2 aliphatic rings. The smallest absolute Gasteiger partial charge is 0.410 e. The van der Waals surface area contributed by atoms with E-state index in [1.807, 2.05) is 72.8 Å². The number of benzene rings is 2. The number of furan rings is 1. The van der Waals surface area contributed by atoms with E-state index in [1.54, 1.807) is 16.1 Å². The highest BCUT2D eigenvalue weighted by atomic mass is 16.6. The Hall–Kier alpha value is -3.54. The minimum Gasteiger partial charge on any atom is -0.467 e. The predicted molar refractivity (Wildman–Crippen MR) is 106 cm³/mol. The van der Waals surface area contributed by atoms with Crippen molar-refractivity contribution in [3.63, 3.8) is 0 Å². The number of ether oxygens (including phenoxy) is 1. The summed E-state index contributed by atoms with van der Waals surface area (Å²) >= 11 is 0. The number of β-lactam (4-membered cyclic amide) rings is 1. The number of para-hydroxylation sites is 1. The summed E-state index contributed by atoms with van der Waals surface area (Å²) in [5, 5.41) is 0. The van der Waals surface area contributed by atoms with Crippen LogP contribution in [0.1, 0.15) is 23.4 Å². The molecule has 2 amide bonds. The van der Waals surface area contributed by atoms with Crippen LogP contribution in [0.5, 0.6) is 0 Å². The summed E-state index contributed by atoms with van der Waals surface area (Å²) in [5.41, 5.74) is 1.82. The maximum Gasteiger partial charge on any atom is 0.410 e. The molecule has 1 aromatic heterocycles. The van der Waals surface area contributed by atoms with E-state index in [0.29, 0.717) is 5.76 Å². The highest BCUT2D eigenvalue weighted by Crippen LogP contribution is 2.45. The summed E-state index contributed by atoms with van der Waals surface area (Å²) in [6.07, 6.45) is 1.22. The second kappa shape index (κ2) is 7.13. The van der Waals surface area contributed by atoms with Crippen LogP contribution >= 0.6 is 0 Å². The number of carbonyl (C=O) groups excluding carboxylic acids is 2. The zero-order valence-corrected chi connectivity index (χ0v) is 15.7. The highest BCUT2D eigenvalue weighted by molar-refractivity contribution is 6.03. The lowest BCUT2D eigenvalue weighted by Gasteiger charge is -2.47. The molecular formula is C23H20N2O4. The van der Waals surface area contributed by atoms with Crippen molar-refractivity contribution in [3.8, 4) is 0 Å². The number of rotatable bonds is 5. The number of carbonyl (C=O) groups is 2. The number of hydrogen-bond donors (Lipinski definition) is 0. The van der Waals surface area contributed by atoms with Crippen LogP contribution in [-0.4, -0.2) is 30.1 Å². The first-order valence-corrected chi connectivity index (χ1v) is 9.64. The predicted octanol–water partition coefficient (Wildman–Crippen LogP) is 4.18. The molecule has 2 aliphatic heterocycles. The molecule has 146 valence electrons. The molecule has 3 heterocycles. The van der Waals surface area contributed by atoms with Crippen molar-refractivity contribution in [2.24, 2.45) is 5.92 Å². The quantitative estimate of drug-likeness (QED) is 0.615. The summed E-state index contributed by atoms with van der Waals surface area (Å²) in [4.78, 5) is 29.0. The van der Waals surface area contributed by atoms with Gasteiger partial charge in [0, 0.05) is 12.2 Å². The minimum absolute atomic E-state index is 0.0240. The van der Waals surface area contributed by atoms with Crippen LogP contribution in [0.3, 0.4) is 0 Å². The van der Waals surface area contributed by atoms with Gasteiger partial charge in [0.05, 0.1) is 18.2 Å². The molecular weight excluding hydrogens is 368 g/mol. The molecule has 0 N–H and O–H groups in total. The van der Waals surface area contributed by atoms with Crippen molar-refractivity contribution in [3.05, 3.63) is 90.4 Å². The van der Waals surface area contributed by atoms with Gasteiger partial charge in [0.25, 0.3) is 0 Å². The lowest BCUT2D eigenvalue weighted by atomic mass is 9.84. The molecule has 6 nitrogen and oxygen atoms in total. The van der Waals surface area contributed by atoms with Crippen LogP contribution in [-0.2, 0) is 9.53 Å². The van der Waals surface area contributed by atoms with E-state index in [2.05, 4.69) is 0 Å². The van der Waals surface area contributed by atoms with Gasteiger partial charge in [-0.2, -0.15) is 0 Å². The van der Waals surface area contributed by atoms with Crippen molar-refractivity contribution in [1.29, 1.82) is 0 Å². The number of nitrogens with zero attached hydrogens (tertiary/aromatic N) is 2. The Morgan fingerprint density at radius 3 is 2.31 bits per heavy atom. The molecule has 2 saturated heterocycles. The number of anilines is 1. The Balaban J connectivity index is 1.44. The Labute approximate surface area is 168 Å². The maximum atomic E-state index is 13.1. The highest BCUT2D eigenvalue weighted by Gasteiger charge is 2.52. The molecule has 2 aromatic carbocycles. The van der Waals surface area contributed by atoms with E-state index in [0.717, 1.165) is 11.3 Å². The van der Waals surface area contributed by atoms with E-state index in [-0.39, 0.29) is 37.2 Å². The standard InChI is InChI=1S/C23H20N2O4/c26-22-18(14-24-19(15-29-23(24)27)16-8-3-1-4-9-16)21(20-12-7-13-28-20)25(22)17-10-5-2-6-11-17/h1-13,18-19,21H,14-15H2/t18-,19-,21+/m1/s1. The molecule has 3 aromatic rings. The Bertz CT molecular complexity index is 1000. The van der Waals surface area contributed by atoms with Gasteiger partial charge < -0.3 is 14.1 Å². The van der Waals surface area contributed by atoms with E-state index in [4.69, 9.17) is 9.15 Å². The van der Waals surface area contributed by atoms with Crippen LogP contribution in [0.25, 0.3) is 0 Å². The molecule has 0 radical (unpaired) electrons. The second-order valence-corrected chi connectivity index (χ2v) is 7.27. The van der Waals surface area contributed by atoms with Crippen LogP contribution in [0.15, 0.2) is 83.5 Å². The van der Waals surface area contributed by atoms with Gasteiger partial charge in [-0.3, -0.25) is 9.69 Å². The van der Waals surface area contributed by atoms with Crippen LogP contribution in [0.2, 0.25) is 0 Å². The second-order valence-electron chi connectivity index (χ2n) is 7.27. The number of hydrogen-bond acceptors (Lipinski definition) is 4. The first-order chi connectivity index (χ1) is 14.2. The summed E-state index contributed by atoms with van der Waals surface area (Å²) in [6, 6.07) is 22.5. The van der Waals surface area contributed by atoms with Crippen molar-refractivity contribution in [2.75, 3.05) is 18.1 Å². The van der Waals surface area contributed by atoms with Gasteiger partial charge in [-0.1, -0.05) is 48.5 Å². The molecule has 0 saturated carbocycles. The average molecular weight is 388 g/mol. The van der Waals surface area contributed by atoms with Crippen LogP contribution in [0.4, 0.5) is 10.5 Å². The molecule has 0 unspecified atom stereocenters. The third-order valence-electron chi connectivity index (χ3n) is 5.64. The minimum atomic E-state index is -0.391. The van der Waals surface area contributed by atoms with Crippen molar-refractivity contribution in [2.45, 2.75) is 12.1 Å². The lowest BCUT2D eigenvalue weighted by Crippen LogP contribution is -2.59. The first kappa shape index (κ1) is 17.6.